The fourth-order valence-corrected chi connectivity index (χ4v) is 1.55. The van der Waals surface area contributed by atoms with Gasteiger partial charge < -0.3 is 19.7 Å². The van der Waals surface area contributed by atoms with Gasteiger partial charge in [-0.2, -0.15) is 0 Å². The first-order valence-electron chi connectivity index (χ1n) is 4.66. The molecule has 0 fully saturated rings. The molecule has 0 aromatic heterocycles. The van der Waals surface area contributed by atoms with Crippen LogP contribution < -0.4 is 9.47 Å². The highest BCUT2D eigenvalue weighted by Gasteiger charge is 2.16. The standard InChI is InChI=1S/C11H16O4/c1-7-10(14-2)5-4-8(9(13)6-12)11(7)15-3/h4-5,9,12-13H,6H2,1-3H3. The molecule has 2 N–H and O–H groups in total. The number of aliphatic hydroxyl groups excluding tert-OH is 2. The van der Waals surface area contributed by atoms with Crippen LogP contribution in [-0.2, 0) is 0 Å². The molecule has 0 heterocycles. The van der Waals surface area contributed by atoms with Crippen LogP contribution >= 0.6 is 0 Å². The number of rotatable bonds is 4. The second-order valence-electron chi connectivity index (χ2n) is 3.21. The first-order chi connectivity index (χ1) is 7.15. The molecule has 0 aliphatic rings. The minimum Gasteiger partial charge on any atom is -0.496 e. The van der Waals surface area contributed by atoms with E-state index in [0.717, 1.165) is 5.56 Å². The molecule has 0 aliphatic heterocycles. The van der Waals surface area contributed by atoms with Crippen LogP contribution in [0.25, 0.3) is 0 Å². The third kappa shape index (κ3) is 2.22. The SMILES string of the molecule is COc1ccc(C(O)CO)c(OC)c1C. The summed E-state index contributed by atoms with van der Waals surface area (Å²) in [7, 11) is 3.10. The van der Waals surface area contributed by atoms with Gasteiger partial charge in [0, 0.05) is 11.1 Å². The van der Waals surface area contributed by atoms with Gasteiger partial charge >= 0.3 is 0 Å². The fourth-order valence-electron chi connectivity index (χ4n) is 1.55. The van der Waals surface area contributed by atoms with Crippen molar-refractivity contribution in [2.24, 2.45) is 0 Å². The van der Waals surface area contributed by atoms with Gasteiger partial charge in [0.2, 0.25) is 0 Å². The van der Waals surface area contributed by atoms with E-state index in [9.17, 15) is 5.11 Å². The van der Waals surface area contributed by atoms with E-state index < -0.39 is 6.10 Å². The Morgan fingerprint density at radius 3 is 2.40 bits per heavy atom. The zero-order valence-electron chi connectivity index (χ0n) is 9.15. The predicted molar refractivity (Wildman–Crippen MR) is 56.3 cm³/mol. The summed E-state index contributed by atoms with van der Waals surface area (Å²) in [4.78, 5) is 0. The molecule has 84 valence electrons. The van der Waals surface area contributed by atoms with E-state index in [2.05, 4.69) is 0 Å². The highest BCUT2D eigenvalue weighted by Crippen LogP contribution is 2.34. The molecule has 4 nitrogen and oxygen atoms in total. The van der Waals surface area contributed by atoms with Crippen LogP contribution in [0.2, 0.25) is 0 Å². The Bertz CT molecular complexity index is 336. The van der Waals surface area contributed by atoms with E-state index in [1.165, 1.54) is 7.11 Å². The Hall–Kier alpha value is -1.26. The van der Waals surface area contributed by atoms with E-state index in [4.69, 9.17) is 14.6 Å². The third-order valence-electron chi connectivity index (χ3n) is 2.34. The number of ether oxygens (including phenoxy) is 2. The third-order valence-corrected chi connectivity index (χ3v) is 2.34. The monoisotopic (exact) mass is 212 g/mol. The van der Waals surface area contributed by atoms with Gasteiger partial charge in [-0.05, 0) is 19.1 Å². The molecule has 1 aromatic rings. The maximum Gasteiger partial charge on any atom is 0.131 e. The van der Waals surface area contributed by atoms with Crippen molar-refractivity contribution in [2.45, 2.75) is 13.0 Å². The molecule has 0 saturated heterocycles. The van der Waals surface area contributed by atoms with Gasteiger partial charge in [0.15, 0.2) is 0 Å². The molecular formula is C11H16O4. The van der Waals surface area contributed by atoms with Crippen molar-refractivity contribution >= 4 is 0 Å². The summed E-state index contributed by atoms with van der Waals surface area (Å²) in [6.07, 6.45) is -0.926. The van der Waals surface area contributed by atoms with Crippen molar-refractivity contribution in [1.29, 1.82) is 0 Å². The maximum absolute atomic E-state index is 9.56. The fraction of sp³-hybridized carbons (Fsp3) is 0.455. The molecule has 1 atom stereocenters. The van der Waals surface area contributed by atoms with Crippen LogP contribution in [0.1, 0.15) is 17.2 Å². The van der Waals surface area contributed by atoms with Crippen molar-refractivity contribution in [2.75, 3.05) is 20.8 Å². The molecule has 15 heavy (non-hydrogen) atoms. The van der Waals surface area contributed by atoms with Crippen LogP contribution in [-0.4, -0.2) is 31.0 Å². The molecule has 1 unspecified atom stereocenters. The Kier molecular flexibility index (Phi) is 3.94. The van der Waals surface area contributed by atoms with Gasteiger partial charge in [-0.3, -0.25) is 0 Å². The van der Waals surface area contributed by atoms with Crippen LogP contribution in [0.5, 0.6) is 11.5 Å². The summed E-state index contributed by atoms with van der Waals surface area (Å²) >= 11 is 0. The molecule has 0 saturated carbocycles. The smallest absolute Gasteiger partial charge is 0.131 e. The van der Waals surface area contributed by atoms with Crippen molar-refractivity contribution < 1.29 is 19.7 Å². The molecule has 0 aliphatic carbocycles. The Morgan fingerprint density at radius 1 is 1.27 bits per heavy atom. The van der Waals surface area contributed by atoms with Crippen molar-refractivity contribution in [3.63, 3.8) is 0 Å². The highest BCUT2D eigenvalue weighted by atomic mass is 16.5. The first-order valence-corrected chi connectivity index (χ1v) is 4.66. The number of methoxy groups -OCH3 is 2. The Morgan fingerprint density at radius 2 is 1.93 bits per heavy atom. The lowest BCUT2D eigenvalue weighted by molar-refractivity contribution is 0.0932. The summed E-state index contributed by atoms with van der Waals surface area (Å²) < 4.78 is 10.3. The van der Waals surface area contributed by atoms with Crippen molar-refractivity contribution in [3.05, 3.63) is 23.3 Å². The van der Waals surface area contributed by atoms with Gasteiger partial charge in [0.05, 0.1) is 20.8 Å². The molecule has 1 aromatic carbocycles. The van der Waals surface area contributed by atoms with Crippen LogP contribution in [0.4, 0.5) is 0 Å². The molecule has 4 heteroatoms. The lowest BCUT2D eigenvalue weighted by Crippen LogP contribution is -2.06. The van der Waals surface area contributed by atoms with Crippen LogP contribution in [0.3, 0.4) is 0 Å². The molecule has 0 radical (unpaired) electrons. The van der Waals surface area contributed by atoms with E-state index in [1.54, 1.807) is 19.2 Å². The number of benzene rings is 1. The maximum atomic E-state index is 9.56. The zero-order chi connectivity index (χ0) is 11.4. The van der Waals surface area contributed by atoms with E-state index in [1.807, 2.05) is 6.92 Å². The highest BCUT2D eigenvalue weighted by molar-refractivity contribution is 5.50. The normalized spacial score (nSPS) is 12.3. The average Bonchev–Trinajstić information content (AvgIpc) is 2.27. The van der Waals surface area contributed by atoms with Crippen LogP contribution in [0, 0.1) is 6.92 Å². The summed E-state index contributed by atoms with van der Waals surface area (Å²) in [5, 5.41) is 18.4. The second kappa shape index (κ2) is 5.00. The number of hydrogen-bond acceptors (Lipinski definition) is 4. The molecule has 0 amide bonds. The van der Waals surface area contributed by atoms with Gasteiger partial charge in [-0.1, -0.05) is 0 Å². The lowest BCUT2D eigenvalue weighted by Gasteiger charge is -2.16. The summed E-state index contributed by atoms with van der Waals surface area (Å²) in [5.41, 5.74) is 1.38. The molecule has 0 bridgehead atoms. The zero-order valence-corrected chi connectivity index (χ0v) is 9.15. The van der Waals surface area contributed by atoms with Crippen molar-refractivity contribution in [1.82, 2.24) is 0 Å². The Balaban J connectivity index is 3.24. The molecule has 0 spiro atoms. The minimum atomic E-state index is -0.926. The van der Waals surface area contributed by atoms with Gasteiger partial charge in [0.1, 0.15) is 17.6 Å². The lowest BCUT2D eigenvalue weighted by atomic mass is 10.0. The Labute approximate surface area is 89.1 Å². The predicted octanol–water partition coefficient (Wildman–Crippen LogP) is 1.04. The van der Waals surface area contributed by atoms with E-state index in [-0.39, 0.29) is 6.61 Å². The summed E-state index contributed by atoms with van der Waals surface area (Å²) in [6, 6.07) is 3.43. The van der Waals surface area contributed by atoms with E-state index >= 15 is 0 Å². The largest absolute Gasteiger partial charge is 0.496 e. The van der Waals surface area contributed by atoms with Gasteiger partial charge in [0.25, 0.3) is 0 Å². The van der Waals surface area contributed by atoms with Crippen LogP contribution in [0.15, 0.2) is 12.1 Å². The number of aliphatic hydroxyl groups is 2. The molecular weight excluding hydrogens is 196 g/mol. The van der Waals surface area contributed by atoms with E-state index in [0.29, 0.717) is 17.1 Å². The first kappa shape index (κ1) is 11.8. The van der Waals surface area contributed by atoms with Crippen molar-refractivity contribution in [3.8, 4) is 11.5 Å². The minimum absolute atomic E-state index is 0.331. The molecule has 1 rings (SSSR count). The van der Waals surface area contributed by atoms with Gasteiger partial charge in [-0.25, -0.2) is 0 Å². The topological polar surface area (TPSA) is 58.9 Å². The summed E-state index contributed by atoms with van der Waals surface area (Å²) in [6.45, 7) is 1.51. The second-order valence-corrected chi connectivity index (χ2v) is 3.21. The summed E-state index contributed by atoms with van der Waals surface area (Å²) in [5.74, 6) is 1.25. The van der Waals surface area contributed by atoms with Gasteiger partial charge in [-0.15, -0.1) is 0 Å². The average molecular weight is 212 g/mol. The number of hydrogen-bond donors (Lipinski definition) is 2. The quantitative estimate of drug-likeness (QED) is 0.782.